The predicted molar refractivity (Wildman–Crippen MR) is 73.1 cm³/mol. The fourth-order valence-electron chi connectivity index (χ4n) is 3.03. The largest absolute Gasteiger partial charge is 0.444 e. The van der Waals surface area contributed by atoms with E-state index in [1.165, 1.54) is 0 Å². The minimum atomic E-state index is -0.436. The van der Waals surface area contributed by atoms with Crippen LogP contribution < -0.4 is 10.6 Å². The Labute approximate surface area is 115 Å². The molecule has 2 heterocycles. The van der Waals surface area contributed by atoms with Crippen LogP contribution in [-0.2, 0) is 9.47 Å². The number of amides is 1. The second kappa shape index (κ2) is 5.67. The number of hydrogen-bond donors (Lipinski definition) is 2. The third kappa shape index (κ3) is 3.83. The van der Waals surface area contributed by atoms with Crippen molar-refractivity contribution in [2.24, 2.45) is 11.3 Å². The molecule has 1 atom stereocenters. The first-order chi connectivity index (χ1) is 8.91. The van der Waals surface area contributed by atoms with E-state index in [2.05, 4.69) is 10.6 Å². The molecule has 0 radical (unpaired) electrons. The molecular formula is C14H26N2O3. The lowest BCUT2D eigenvalue weighted by Crippen LogP contribution is -2.43. The highest BCUT2D eigenvalue weighted by Gasteiger charge is 2.43. The first-order valence-electron chi connectivity index (χ1n) is 7.17. The second-order valence-electron chi connectivity index (χ2n) is 6.69. The number of carbonyl (C=O) groups excluding carboxylic acids is 1. The molecule has 2 fully saturated rings. The van der Waals surface area contributed by atoms with Crippen molar-refractivity contribution >= 4 is 6.09 Å². The van der Waals surface area contributed by atoms with Crippen LogP contribution in [0.3, 0.4) is 0 Å². The number of hydrogen-bond acceptors (Lipinski definition) is 4. The van der Waals surface area contributed by atoms with Gasteiger partial charge in [-0.25, -0.2) is 4.79 Å². The molecule has 5 nitrogen and oxygen atoms in total. The smallest absolute Gasteiger partial charge is 0.407 e. The van der Waals surface area contributed by atoms with Crippen molar-refractivity contribution in [2.75, 3.05) is 32.8 Å². The van der Waals surface area contributed by atoms with Gasteiger partial charge in [0.15, 0.2) is 0 Å². The van der Waals surface area contributed by atoms with Gasteiger partial charge in [-0.3, -0.25) is 0 Å². The molecule has 2 saturated heterocycles. The van der Waals surface area contributed by atoms with Crippen LogP contribution in [0, 0.1) is 11.3 Å². The topological polar surface area (TPSA) is 59.6 Å². The third-order valence-corrected chi connectivity index (χ3v) is 4.11. The van der Waals surface area contributed by atoms with Crippen LogP contribution in [-0.4, -0.2) is 44.5 Å². The Morgan fingerprint density at radius 2 is 2.11 bits per heavy atom. The lowest BCUT2D eigenvalue weighted by molar-refractivity contribution is 0.00159. The summed E-state index contributed by atoms with van der Waals surface area (Å²) in [6.45, 7) is 10.0. The molecule has 1 amide bonds. The van der Waals surface area contributed by atoms with Crippen molar-refractivity contribution in [3.05, 3.63) is 0 Å². The summed E-state index contributed by atoms with van der Waals surface area (Å²) in [6, 6.07) is 0. The quantitative estimate of drug-likeness (QED) is 0.799. The molecule has 2 aliphatic rings. The van der Waals surface area contributed by atoms with E-state index in [4.69, 9.17) is 9.47 Å². The fraction of sp³-hybridized carbons (Fsp3) is 0.929. The molecular weight excluding hydrogens is 244 g/mol. The second-order valence-corrected chi connectivity index (χ2v) is 6.69. The number of alkyl carbamates (subject to hydrolysis) is 1. The van der Waals surface area contributed by atoms with E-state index in [0.717, 1.165) is 39.1 Å². The SMILES string of the molecule is CC(C)(C)OC(=O)NC[C@@H]1CNCC12CCOCC2. The summed E-state index contributed by atoms with van der Waals surface area (Å²) in [6.07, 6.45) is 1.85. The van der Waals surface area contributed by atoms with Crippen LogP contribution in [0.15, 0.2) is 0 Å². The summed E-state index contributed by atoms with van der Waals surface area (Å²) in [5.74, 6) is 0.476. The van der Waals surface area contributed by atoms with Crippen molar-refractivity contribution in [3.8, 4) is 0 Å². The predicted octanol–water partition coefficient (Wildman–Crippen LogP) is 1.53. The first kappa shape index (κ1) is 14.6. The zero-order chi connectivity index (χ0) is 13.9. The number of ether oxygens (including phenoxy) is 2. The lowest BCUT2D eigenvalue weighted by Gasteiger charge is -2.38. The summed E-state index contributed by atoms with van der Waals surface area (Å²) in [5.41, 5.74) is -0.137. The van der Waals surface area contributed by atoms with Crippen LogP contribution in [0.4, 0.5) is 4.79 Å². The highest BCUT2D eigenvalue weighted by Crippen LogP contribution is 2.40. The Kier molecular flexibility index (Phi) is 4.36. The van der Waals surface area contributed by atoms with E-state index in [-0.39, 0.29) is 6.09 Å². The highest BCUT2D eigenvalue weighted by atomic mass is 16.6. The maximum atomic E-state index is 11.7. The third-order valence-electron chi connectivity index (χ3n) is 4.11. The zero-order valence-electron chi connectivity index (χ0n) is 12.3. The molecule has 2 rings (SSSR count). The van der Waals surface area contributed by atoms with Gasteiger partial charge in [-0.05, 0) is 44.9 Å². The van der Waals surface area contributed by atoms with Crippen LogP contribution in [0.2, 0.25) is 0 Å². The molecule has 0 aromatic carbocycles. The van der Waals surface area contributed by atoms with E-state index < -0.39 is 5.60 Å². The van der Waals surface area contributed by atoms with E-state index in [1.807, 2.05) is 20.8 Å². The van der Waals surface area contributed by atoms with Crippen molar-refractivity contribution in [3.63, 3.8) is 0 Å². The van der Waals surface area contributed by atoms with Crippen molar-refractivity contribution in [2.45, 2.75) is 39.2 Å². The molecule has 2 aliphatic heterocycles. The highest BCUT2D eigenvalue weighted by molar-refractivity contribution is 5.67. The molecule has 0 aromatic heterocycles. The Morgan fingerprint density at radius 1 is 1.42 bits per heavy atom. The van der Waals surface area contributed by atoms with Crippen LogP contribution in [0.5, 0.6) is 0 Å². The van der Waals surface area contributed by atoms with E-state index >= 15 is 0 Å². The number of carbonyl (C=O) groups is 1. The summed E-state index contributed by atoms with van der Waals surface area (Å²) >= 11 is 0. The summed E-state index contributed by atoms with van der Waals surface area (Å²) in [5, 5.41) is 6.37. The first-order valence-corrected chi connectivity index (χ1v) is 7.17. The molecule has 0 unspecified atom stereocenters. The van der Waals surface area contributed by atoms with Gasteiger partial charge in [0.05, 0.1) is 0 Å². The Morgan fingerprint density at radius 3 is 2.74 bits per heavy atom. The van der Waals surface area contributed by atoms with Crippen LogP contribution >= 0.6 is 0 Å². The molecule has 110 valence electrons. The van der Waals surface area contributed by atoms with Crippen molar-refractivity contribution < 1.29 is 14.3 Å². The summed E-state index contributed by atoms with van der Waals surface area (Å²) in [4.78, 5) is 11.7. The van der Waals surface area contributed by atoms with E-state index in [9.17, 15) is 4.79 Å². The maximum absolute atomic E-state index is 11.7. The Balaban J connectivity index is 1.83. The number of nitrogens with one attached hydrogen (secondary N) is 2. The Hall–Kier alpha value is -0.810. The fourth-order valence-corrected chi connectivity index (χ4v) is 3.03. The van der Waals surface area contributed by atoms with Gasteiger partial charge in [0.1, 0.15) is 5.60 Å². The van der Waals surface area contributed by atoms with E-state index in [1.54, 1.807) is 0 Å². The van der Waals surface area contributed by atoms with Crippen LogP contribution in [0.1, 0.15) is 33.6 Å². The maximum Gasteiger partial charge on any atom is 0.407 e. The molecule has 2 N–H and O–H groups in total. The minimum Gasteiger partial charge on any atom is -0.444 e. The summed E-state index contributed by atoms with van der Waals surface area (Å²) < 4.78 is 10.7. The minimum absolute atomic E-state index is 0.299. The van der Waals surface area contributed by atoms with Gasteiger partial charge in [0, 0.05) is 32.8 Å². The summed E-state index contributed by atoms with van der Waals surface area (Å²) in [7, 11) is 0. The van der Waals surface area contributed by atoms with Crippen molar-refractivity contribution in [1.29, 1.82) is 0 Å². The average Bonchev–Trinajstić information content (AvgIpc) is 2.68. The molecule has 0 aromatic rings. The monoisotopic (exact) mass is 270 g/mol. The van der Waals surface area contributed by atoms with Crippen molar-refractivity contribution in [1.82, 2.24) is 10.6 Å². The zero-order valence-corrected chi connectivity index (χ0v) is 12.3. The van der Waals surface area contributed by atoms with Gasteiger partial charge in [0.25, 0.3) is 0 Å². The van der Waals surface area contributed by atoms with Gasteiger partial charge in [-0.2, -0.15) is 0 Å². The van der Waals surface area contributed by atoms with E-state index in [0.29, 0.717) is 17.9 Å². The van der Waals surface area contributed by atoms with Gasteiger partial charge in [-0.1, -0.05) is 0 Å². The van der Waals surface area contributed by atoms with Gasteiger partial charge in [0.2, 0.25) is 0 Å². The molecule has 5 heteroatoms. The normalized spacial score (nSPS) is 26.4. The van der Waals surface area contributed by atoms with Gasteiger partial charge >= 0.3 is 6.09 Å². The molecule has 0 aliphatic carbocycles. The molecule has 0 saturated carbocycles. The molecule has 1 spiro atoms. The standard InChI is InChI=1S/C14H26N2O3/c1-13(2,3)19-12(17)16-9-11-8-15-10-14(11)4-6-18-7-5-14/h11,15H,4-10H2,1-3H3,(H,16,17)/t11-/m0/s1. The van der Waals surface area contributed by atoms with Gasteiger partial charge in [-0.15, -0.1) is 0 Å². The van der Waals surface area contributed by atoms with Gasteiger partial charge < -0.3 is 20.1 Å². The van der Waals surface area contributed by atoms with Crippen LogP contribution in [0.25, 0.3) is 0 Å². The molecule has 0 bridgehead atoms. The number of rotatable bonds is 2. The average molecular weight is 270 g/mol. The Bertz CT molecular complexity index is 319. The molecule has 19 heavy (non-hydrogen) atoms. The lowest BCUT2D eigenvalue weighted by atomic mass is 9.72.